The number of carbonyl (C=O) groups excluding carboxylic acids is 1. The number of piperidine rings is 1. The van der Waals surface area contributed by atoms with E-state index in [0.717, 1.165) is 25.1 Å². The number of rotatable bonds is 3. The predicted octanol–water partition coefficient (Wildman–Crippen LogP) is 3.12. The SMILES string of the molecule is Cc1cc(C)cc(NCC(=O)N2CCCCC2C)c1. The van der Waals surface area contributed by atoms with Crippen molar-refractivity contribution in [2.75, 3.05) is 18.4 Å². The summed E-state index contributed by atoms with van der Waals surface area (Å²) in [4.78, 5) is 14.2. The molecule has 1 saturated heterocycles. The van der Waals surface area contributed by atoms with Crippen LogP contribution in [0, 0.1) is 13.8 Å². The molecular formula is C16H24N2O. The van der Waals surface area contributed by atoms with Gasteiger partial charge in [0.25, 0.3) is 0 Å². The largest absolute Gasteiger partial charge is 0.376 e. The second kappa shape index (κ2) is 6.09. The van der Waals surface area contributed by atoms with E-state index in [1.807, 2.05) is 4.90 Å². The Labute approximate surface area is 116 Å². The van der Waals surface area contributed by atoms with Crippen molar-refractivity contribution in [2.24, 2.45) is 0 Å². The molecule has 1 aromatic rings. The molecule has 0 aromatic heterocycles. The molecule has 1 aliphatic rings. The van der Waals surface area contributed by atoms with Crippen LogP contribution in [0.15, 0.2) is 18.2 Å². The average molecular weight is 260 g/mol. The van der Waals surface area contributed by atoms with Crippen LogP contribution in [0.1, 0.15) is 37.3 Å². The number of hydrogen-bond donors (Lipinski definition) is 1. The Bertz CT molecular complexity index is 436. The van der Waals surface area contributed by atoms with Gasteiger partial charge in [-0.05, 0) is 63.3 Å². The summed E-state index contributed by atoms with van der Waals surface area (Å²) in [6, 6.07) is 6.70. The number of benzene rings is 1. The molecule has 0 bridgehead atoms. The Hall–Kier alpha value is -1.51. The molecule has 1 N–H and O–H groups in total. The van der Waals surface area contributed by atoms with E-state index in [1.165, 1.54) is 17.5 Å². The fraction of sp³-hybridized carbons (Fsp3) is 0.562. The van der Waals surface area contributed by atoms with Gasteiger partial charge in [-0.15, -0.1) is 0 Å². The summed E-state index contributed by atoms with van der Waals surface area (Å²) in [5.41, 5.74) is 3.48. The van der Waals surface area contributed by atoms with Gasteiger partial charge in [0.05, 0.1) is 6.54 Å². The van der Waals surface area contributed by atoms with Crippen molar-refractivity contribution >= 4 is 11.6 Å². The second-order valence-corrected chi connectivity index (χ2v) is 5.66. The van der Waals surface area contributed by atoms with Gasteiger partial charge in [-0.2, -0.15) is 0 Å². The maximum atomic E-state index is 12.2. The number of likely N-dealkylation sites (tertiary alicyclic amines) is 1. The smallest absolute Gasteiger partial charge is 0.242 e. The highest BCUT2D eigenvalue weighted by atomic mass is 16.2. The molecule has 0 saturated carbocycles. The standard InChI is InChI=1S/C16H24N2O/c1-12-8-13(2)10-15(9-12)17-11-16(19)18-7-5-4-6-14(18)3/h8-10,14,17H,4-7,11H2,1-3H3. The minimum absolute atomic E-state index is 0.214. The lowest BCUT2D eigenvalue weighted by Crippen LogP contribution is -2.44. The summed E-state index contributed by atoms with van der Waals surface area (Å²) >= 11 is 0. The first kappa shape index (κ1) is 13.9. The van der Waals surface area contributed by atoms with Crippen molar-refractivity contribution in [1.29, 1.82) is 0 Å². The van der Waals surface area contributed by atoms with E-state index in [1.54, 1.807) is 0 Å². The molecule has 1 fully saturated rings. The molecule has 0 aliphatic carbocycles. The van der Waals surface area contributed by atoms with Crippen LogP contribution in [0.25, 0.3) is 0 Å². The highest BCUT2D eigenvalue weighted by Crippen LogP contribution is 2.17. The van der Waals surface area contributed by atoms with Gasteiger partial charge in [-0.25, -0.2) is 0 Å². The van der Waals surface area contributed by atoms with Gasteiger partial charge < -0.3 is 10.2 Å². The molecular weight excluding hydrogens is 236 g/mol. The van der Waals surface area contributed by atoms with Gasteiger partial charge in [0.15, 0.2) is 0 Å². The Balaban J connectivity index is 1.92. The van der Waals surface area contributed by atoms with Crippen molar-refractivity contribution in [3.05, 3.63) is 29.3 Å². The Morgan fingerprint density at radius 2 is 1.95 bits per heavy atom. The maximum absolute atomic E-state index is 12.2. The van der Waals surface area contributed by atoms with Crippen LogP contribution in [-0.2, 0) is 4.79 Å². The van der Waals surface area contributed by atoms with Gasteiger partial charge in [-0.1, -0.05) is 6.07 Å². The number of hydrogen-bond acceptors (Lipinski definition) is 2. The van der Waals surface area contributed by atoms with E-state index in [2.05, 4.69) is 44.3 Å². The molecule has 1 aliphatic heterocycles. The molecule has 19 heavy (non-hydrogen) atoms. The zero-order valence-electron chi connectivity index (χ0n) is 12.2. The van der Waals surface area contributed by atoms with Crippen molar-refractivity contribution in [1.82, 2.24) is 4.90 Å². The molecule has 0 radical (unpaired) electrons. The van der Waals surface area contributed by atoms with Crippen molar-refractivity contribution < 1.29 is 4.79 Å². The van der Waals surface area contributed by atoms with Gasteiger partial charge in [0.2, 0.25) is 5.91 Å². The summed E-state index contributed by atoms with van der Waals surface area (Å²) in [7, 11) is 0. The molecule has 1 amide bonds. The quantitative estimate of drug-likeness (QED) is 0.905. The maximum Gasteiger partial charge on any atom is 0.242 e. The first-order chi connectivity index (χ1) is 9.06. The lowest BCUT2D eigenvalue weighted by Gasteiger charge is -2.33. The monoisotopic (exact) mass is 260 g/mol. The number of carbonyl (C=O) groups is 1. The summed E-state index contributed by atoms with van der Waals surface area (Å²) in [6.45, 7) is 7.61. The van der Waals surface area contributed by atoms with E-state index in [4.69, 9.17) is 0 Å². The average Bonchev–Trinajstić information content (AvgIpc) is 2.35. The van der Waals surface area contributed by atoms with E-state index in [0.29, 0.717) is 12.6 Å². The topological polar surface area (TPSA) is 32.3 Å². The lowest BCUT2D eigenvalue weighted by molar-refractivity contribution is -0.132. The van der Waals surface area contributed by atoms with Crippen LogP contribution in [0.3, 0.4) is 0 Å². The molecule has 1 heterocycles. The highest BCUT2D eigenvalue weighted by molar-refractivity contribution is 5.81. The van der Waals surface area contributed by atoms with Crippen LogP contribution in [0.5, 0.6) is 0 Å². The second-order valence-electron chi connectivity index (χ2n) is 5.66. The minimum atomic E-state index is 0.214. The highest BCUT2D eigenvalue weighted by Gasteiger charge is 2.22. The van der Waals surface area contributed by atoms with Crippen LogP contribution in [0.2, 0.25) is 0 Å². The zero-order valence-corrected chi connectivity index (χ0v) is 12.2. The van der Waals surface area contributed by atoms with Crippen LogP contribution >= 0.6 is 0 Å². The van der Waals surface area contributed by atoms with Gasteiger partial charge in [0.1, 0.15) is 0 Å². The summed E-state index contributed by atoms with van der Waals surface area (Å²) in [6.07, 6.45) is 3.52. The number of anilines is 1. The third-order valence-electron chi connectivity index (χ3n) is 3.79. The van der Waals surface area contributed by atoms with E-state index >= 15 is 0 Å². The Kier molecular flexibility index (Phi) is 4.46. The molecule has 1 unspecified atom stereocenters. The number of nitrogens with zero attached hydrogens (tertiary/aromatic N) is 1. The van der Waals surface area contributed by atoms with Crippen molar-refractivity contribution in [2.45, 2.75) is 46.1 Å². The summed E-state index contributed by atoms with van der Waals surface area (Å²) in [5.74, 6) is 0.214. The van der Waals surface area contributed by atoms with Crippen LogP contribution in [0.4, 0.5) is 5.69 Å². The zero-order chi connectivity index (χ0) is 13.8. The van der Waals surface area contributed by atoms with E-state index in [9.17, 15) is 4.79 Å². The predicted molar refractivity (Wildman–Crippen MR) is 79.4 cm³/mol. The summed E-state index contributed by atoms with van der Waals surface area (Å²) < 4.78 is 0. The third-order valence-corrected chi connectivity index (χ3v) is 3.79. The van der Waals surface area contributed by atoms with E-state index in [-0.39, 0.29) is 5.91 Å². The Morgan fingerprint density at radius 1 is 1.26 bits per heavy atom. The lowest BCUT2D eigenvalue weighted by atomic mass is 10.0. The van der Waals surface area contributed by atoms with Gasteiger partial charge >= 0.3 is 0 Å². The molecule has 1 aromatic carbocycles. The van der Waals surface area contributed by atoms with Crippen molar-refractivity contribution in [3.8, 4) is 0 Å². The molecule has 104 valence electrons. The first-order valence-electron chi connectivity index (χ1n) is 7.18. The number of aryl methyl sites for hydroxylation is 2. The van der Waals surface area contributed by atoms with Crippen LogP contribution < -0.4 is 5.32 Å². The third kappa shape index (κ3) is 3.72. The molecule has 3 heteroatoms. The van der Waals surface area contributed by atoms with Crippen LogP contribution in [-0.4, -0.2) is 29.9 Å². The van der Waals surface area contributed by atoms with Gasteiger partial charge in [-0.3, -0.25) is 4.79 Å². The minimum Gasteiger partial charge on any atom is -0.376 e. The normalized spacial score (nSPS) is 19.3. The fourth-order valence-corrected chi connectivity index (χ4v) is 2.82. The Morgan fingerprint density at radius 3 is 2.58 bits per heavy atom. The van der Waals surface area contributed by atoms with Crippen molar-refractivity contribution in [3.63, 3.8) is 0 Å². The molecule has 0 spiro atoms. The number of amides is 1. The molecule has 2 rings (SSSR count). The molecule has 1 atom stereocenters. The summed E-state index contributed by atoms with van der Waals surface area (Å²) in [5, 5.41) is 3.25. The molecule has 3 nitrogen and oxygen atoms in total. The van der Waals surface area contributed by atoms with Gasteiger partial charge in [0, 0.05) is 18.3 Å². The number of nitrogens with one attached hydrogen (secondary N) is 1. The fourth-order valence-electron chi connectivity index (χ4n) is 2.82. The first-order valence-corrected chi connectivity index (χ1v) is 7.18. The van der Waals surface area contributed by atoms with E-state index < -0.39 is 0 Å².